The Labute approximate surface area is 121 Å². The van der Waals surface area contributed by atoms with Gasteiger partial charge in [0.15, 0.2) is 0 Å². The number of carbonyl (C=O) groups excluding carboxylic acids is 1. The van der Waals surface area contributed by atoms with Gasteiger partial charge in [-0.3, -0.25) is 4.79 Å². The second-order valence-electron chi connectivity index (χ2n) is 6.21. The molecule has 116 valence electrons. The molecule has 0 saturated heterocycles. The van der Waals surface area contributed by atoms with Gasteiger partial charge in [0, 0.05) is 6.42 Å². The number of carboxylic acid groups (broad SMARTS) is 1. The van der Waals surface area contributed by atoms with Crippen molar-refractivity contribution in [1.82, 2.24) is 5.32 Å². The molecule has 0 radical (unpaired) electrons. The maximum atomic E-state index is 12.2. The Balaban J connectivity index is 2.62. The highest BCUT2D eigenvalue weighted by Crippen LogP contribution is 2.38. The largest absolute Gasteiger partial charge is 0.480 e. The molecule has 5 nitrogen and oxygen atoms in total. The quantitative estimate of drug-likeness (QED) is 0.665. The molecule has 1 aliphatic rings. The van der Waals surface area contributed by atoms with Crippen molar-refractivity contribution in [3.8, 4) is 0 Å². The van der Waals surface area contributed by atoms with Crippen molar-refractivity contribution in [3.05, 3.63) is 0 Å². The molecule has 1 fully saturated rings. The van der Waals surface area contributed by atoms with Gasteiger partial charge >= 0.3 is 5.97 Å². The summed E-state index contributed by atoms with van der Waals surface area (Å²) in [5, 5.41) is 11.9. The number of aliphatic carboxylic acids is 1. The van der Waals surface area contributed by atoms with Crippen molar-refractivity contribution < 1.29 is 14.7 Å². The van der Waals surface area contributed by atoms with Crippen molar-refractivity contribution in [2.45, 2.75) is 64.8 Å². The molecule has 0 spiro atoms. The van der Waals surface area contributed by atoms with Crippen LogP contribution < -0.4 is 11.1 Å². The second kappa shape index (κ2) is 7.62. The summed E-state index contributed by atoms with van der Waals surface area (Å²) in [6.07, 6.45) is 6.43. The molecule has 0 aliphatic heterocycles. The van der Waals surface area contributed by atoms with Crippen LogP contribution in [0.4, 0.5) is 0 Å². The van der Waals surface area contributed by atoms with E-state index in [4.69, 9.17) is 5.73 Å². The van der Waals surface area contributed by atoms with E-state index in [0.717, 1.165) is 32.1 Å². The second-order valence-corrected chi connectivity index (χ2v) is 6.21. The maximum Gasteiger partial charge on any atom is 0.326 e. The summed E-state index contributed by atoms with van der Waals surface area (Å²) in [5.41, 5.74) is 5.74. The zero-order chi connectivity index (χ0) is 15.2. The normalized spacial score (nSPS) is 20.9. The van der Waals surface area contributed by atoms with Crippen molar-refractivity contribution in [2.24, 2.45) is 17.1 Å². The zero-order valence-corrected chi connectivity index (χ0v) is 12.7. The summed E-state index contributed by atoms with van der Waals surface area (Å²) in [4.78, 5) is 23.4. The van der Waals surface area contributed by atoms with Crippen molar-refractivity contribution in [1.29, 1.82) is 0 Å². The molecule has 0 bridgehead atoms. The summed E-state index contributed by atoms with van der Waals surface area (Å²) >= 11 is 0. The lowest BCUT2D eigenvalue weighted by Gasteiger charge is -2.36. The van der Waals surface area contributed by atoms with E-state index >= 15 is 0 Å². The highest BCUT2D eigenvalue weighted by atomic mass is 16.4. The molecule has 1 rings (SSSR count). The predicted octanol–water partition coefficient (Wildman–Crippen LogP) is 1.90. The van der Waals surface area contributed by atoms with Gasteiger partial charge in [-0.05, 0) is 30.7 Å². The van der Waals surface area contributed by atoms with E-state index in [9.17, 15) is 14.7 Å². The molecule has 0 aromatic carbocycles. The fourth-order valence-electron chi connectivity index (χ4n) is 3.00. The topological polar surface area (TPSA) is 92.4 Å². The van der Waals surface area contributed by atoms with E-state index in [1.54, 1.807) is 0 Å². The minimum atomic E-state index is -0.960. The van der Waals surface area contributed by atoms with Crippen molar-refractivity contribution in [2.75, 3.05) is 6.54 Å². The summed E-state index contributed by atoms with van der Waals surface area (Å²) in [5.74, 6) is -1.21. The number of hydrogen-bond donors (Lipinski definition) is 3. The van der Waals surface area contributed by atoms with Crippen LogP contribution in [0.1, 0.15) is 58.8 Å². The molecule has 0 aromatic heterocycles. The first-order valence-electron chi connectivity index (χ1n) is 7.66. The standard InChI is InChI=1S/C15H28N2O3/c1-3-11(2)13(14(19)20)17-12(18)9-15(10-16)7-5-4-6-8-15/h11,13H,3-10,16H2,1-2H3,(H,17,18)(H,19,20). The van der Waals surface area contributed by atoms with E-state index in [0.29, 0.717) is 13.0 Å². The third-order valence-electron chi connectivity index (χ3n) is 4.68. The summed E-state index contributed by atoms with van der Waals surface area (Å²) < 4.78 is 0. The lowest BCUT2D eigenvalue weighted by atomic mass is 9.71. The number of hydrogen-bond acceptors (Lipinski definition) is 3. The number of carbonyl (C=O) groups is 2. The van der Waals surface area contributed by atoms with Gasteiger partial charge in [0.05, 0.1) is 0 Å². The summed E-state index contributed by atoms with van der Waals surface area (Å²) in [6, 6.07) is -0.800. The van der Waals surface area contributed by atoms with Crippen LogP contribution >= 0.6 is 0 Å². The number of nitrogens with two attached hydrogens (primary N) is 1. The number of nitrogens with one attached hydrogen (secondary N) is 1. The van der Waals surface area contributed by atoms with Crippen LogP contribution in [0.2, 0.25) is 0 Å². The van der Waals surface area contributed by atoms with Crippen LogP contribution in [0, 0.1) is 11.3 Å². The van der Waals surface area contributed by atoms with Gasteiger partial charge in [-0.15, -0.1) is 0 Å². The molecule has 2 atom stereocenters. The van der Waals surface area contributed by atoms with Crippen molar-refractivity contribution >= 4 is 11.9 Å². The van der Waals surface area contributed by atoms with Gasteiger partial charge in [-0.25, -0.2) is 4.79 Å². The predicted molar refractivity (Wildman–Crippen MR) is 78.2 cm³/mol. The average molecular weight is 284 g/mol. The van der Waals surface area contributed by atoms with Gasteiger partial charge in [0.1, 0.15) is 6.04 Å². The fourth-order valence-corrected chi connectivity index (χ4v) is 3.00. The molecule has 20 heavy (non-hydrogen) atoms. The van der Waals surface area contributed by atoms with Crippen LogP contribution in [-0.2, 0) is 9.59 Å². The molecular formula is C15H28N2O3. The first-order chi connectivity index (χ1) is 9.44. The van der Waals surface area contributed by atoms with E-state index in [-0.39, 0.29) is 17.2 Å². The van der Waals surface area contributed by atoms with Crippen LogP contribution in [0.5, 0.6) is 0 Å². The SMILES string of the molecule is CCC(C)C(NC(=O)CC1(CN)CCCCC1)C(=O)O. The van der Waals surface area contributed by atoms with E-state index in [1.807, 2.05) is 13.8 Å². The highest BCUT2D eigenvalue weighted by Gasteiger charge is 2.34. The first kappa shape index (κ1) is 17.0. The first-order valence-corrected chi connectivity index (χ1v) is 7.66. The Kier molecular flexibility index (Phi) is 6.46. The molecule has 4 N–H and O–H groups in total. The van der Waals surface area contributed by atoms with Gasteiger partial charge < -0.3 is 16.2 Å². The lowest BCUT2D eigenvalue weighted by Crippen LogP contribution is -2.47. The average Bonchev–Trinajstić information content (AvgIpc) is 2.44. The Morgan fingerprint density at radius 1 is 1.30 bits per heavy atom. The summed E-state index contributed by atoms with van der Waals surface area (Å²) in [6.45, 7) is 4.27. The Morgan fingerprint density at radius 3 is 2.35 bits per heavy atom. The van der Waals surface area contributed by atoms with Gasteiger partial charge in [0.2, 0.25) is 5.91 Å². The van der Waals surface area contributed by atoms with E-state index < -0.39 is 12.0 Å². The highest BCUT2D eigenvalue weighted by molar-refractivity contribution is 5.84. The molecule has 1 aliphatic carbocycles. The third kappa shape index (κ3) is 4.47. The van der Waals surface area contributed by atoms with Gasteiger partial charge in [0.25, 0.3) is 0 Å². The molecule has 5 heteroatoms. The maximum absolute atomic E-state index is 12.2. The molecule has 0 aromatic rings. The van der Waals surface area contributed by atoms with Crippen LogP contribution in [0.15, 0.2) is 0 Å². The molecular weight excluding hydrogens is 256 g/mol. The Morgan fingerprint density at radius 2 is 1.90 bits per heavy atom. The van der Waals surface area contributed by atoms with Crippen LogP contribution in [0.3, 0.4) is 0 Å². The number of carboxylic acids is 1. The molecule has 2 unspecified atom stereocenters. The third-order valence-corrected chi connectivity index (χ3v) is 4.68. The van der Waals surface area contributed by atoms with E-state index in [1.165, 1.54) is 6.42 Å². The van der Waals surface area contributed by atoms with Crippen molar-refractivity contribution in [3.63, 3.8) is 0 Å². The number of rotatable bonds is 7. The lowest BCUT2D eigenvalue weighted by molar-refractivity contribution is -0.143. The van der Waals surface area contributed by atoms with Gasteiger partial charge in [-0.2, -0.15) is 0 Å². The molecule has 0 heterocycles. The molecule has 1 amide bonds. The fraction of sp³-hybridized carbons (Fsp3) is 0.867. The molecule has 1 saturated carbocycles. The minimum Gasteiger partial charge on any atom is -0.480 e. The zero-order valence-electron chi connectivity index (χ0n) is 12.7. The summed E-state index contributed by atoms with van der Waals surface area (Å²) in [7, 11) is 0. The Hall–Kier alpha value is -1.10. The van der Waals surface area contributed by atoms with Crippen LogP contribution in [-0.4, -0.2) is 29.6 Å². The van der Waals surface area contributed by atoms with Crippen LogP contribution in [0.25, 0.3) is 0 Å². The Bertz CT molecular complexity index is 338. The smallest absolute Gasteiger partial charge is 0.326 e. The number of amides is 1. The van der Waals surface area contributed by atoms with E-state index in [2.05, 4.69) is 5.32 Å². The minimum absolute atomic E-state index is 0.0726. The van der Waals surface area contributed by atoms with Gasteiger partial charge in [-0.1, -0.05) is 39.5 Å². The monoisotopic (exact) mass is 284 g/mol.